The third-order valence-electron chi connectivity index (χ3n) is 4.13. The van der Waals surface area contributed by atoms with Crippen molar-refractivity contribution in [2.75, 3.05) is 13.1 Å². The fourth-order valence-electron chi connectivity index (χ4n) is 2.52. The Balaban J connectivity index is 1.80. The molecule has 1 aliphatic heterocycles. The van der Waals surface area contributed by atoms with Crippen LogP contribution in [0.3, 0.4) is 0 Å². The molecule has 1 fully saturated rings. The molecule has 0 spiro atoms. The van der Waals surface area contributed by atoms with E-state index in [0.29, 0.717) is 6.54 Å². The van der Waals surface area contributed by atoms with Crippen LogP contribution in [0.4, 0.5) is 4.39 Å². The van der Waals surface area contributed by atoms with Crippen molar-refractivity contribution in [2.24, 2.45) is 5.92 Å². The second kappa shape index (κ2) is 6.84. The highest BCUT2D eigenvalue weighted by Gasteiger charge is 2.24. The fraction of sp³-hybridized carbons (Fsp3) is 0.562. The molecule has 0 aromatic heterocycles. The highest BCUT2D eigenvalue weighted by atomic mass is 19.1. The Hall–Kier alpha value is -1.42. The number of piperidine rings is 1. The highest BCUT2D eigenvalue weighted by molar-refractivity contribution is 5.81. The lowest BCUT2D eigenvalue weighted by Gasteiger charge is -2.34. The van der Waals surface area contributed by atoms with Gasteiger partial charge < -0.3 is 5.32 Å². The van der Waals surface area contributed by atoms with E-state index in [1.165, 1.54) is 12.1 Å². The average Bonchev–Trinajstić information content (AvgIpc) is 2.46. The second-order valence-corrected chi connectivity index (χ2v) is 5.74. The minimum absolute atomic E-state index is 0.0453. The number of carbonyl (C=O) groups is 1. The molecule has 1 amide bonds. The van der Waals surface area contributed by atoms with E-state index < -0.39 is 0 Å². The van der Waals surface area contributed by atoms with Crippen molar-refractivity contribution >= 4 is 5.91 Å². The lowest BCUT2D eigenvalue weighted by molar-refractivity contribution is -0.126. The van der Waals surface area contributed by atoms with Gasteiger partial charge in [0.15, 0.2) is 0 Å². The molecule has 0 bridgehead atoms. The second-order valence-electron chi connectivity index (χ2n) is 5.74. The zero-order chi connectivity index (χ0) is 14.5. The number of rotatable bonds is 4. The van der Waals surface area contributed by atoms with Gasteiger partial charge in [0, 0.05) is 6.54 Å². The van der Waals surface area contributed by atoms with E-state index in [1.54, 1.807) is 12.1 Å². The Morgan fingerprint density at radius 2 is 1.95 bits per heavy atom. The summed E-state index contributed by atoms with van der Waals surface area (Å²) in [4.78, 5) is 14.4. The van der Waals surface area contributed by atoms with Gasteiger partial charge in [-0.3, -0.25) is 9.69 Å². The molecule has 1 atom stereocenters. The maximum atomic E-state index is 12.8. The first kappa shape index (κ1) is 15.0. The van der Waals surface area contributed by atoms with Crippen molar-refractivity contribution in [1.82, 2.24) is 10.2 Å². The zero-order valence-electron chi connectivity index (χ0n) is 12.2. The first-order chi connectivity index (χ1) is 9.56. The largest absolute Gasteiger partial charge is 0.351 e. The summed E-state index contributed by atoms with van der Waals surface area (Å²) >= 11 is 0. The molecule has 1 heterocycles. The SMILES string of the molecule is CC1CCN([C@@H](C)C(=O)NCc2ccc(F)cc2)CC1. The number of nitrogens with one attached hydrogen (secondary N) is 1. The third-order valence-corrected chi connectivity index (χ3v) is 4.13. The van der Waals surface area contributed by atoms with Crippen LogP contribution in [0.2, 0.25) is 0 Å². The summed E-state index contributed by atoms with van der Waals surface area (Å²) < 4.78 is 12.8. The molecule has 0 aliphatic carbocycles. The molecule has 0 saturated carbocycles. The highest BCUT2D eigenvalue weighted by Crippen LogP contribution is 2.18. The number of carbonyl (C=O) groups excluding carboxylic acids is 1. The van der Waals surface area contributed by atoms with E-state index in [9.17, 15) is 9.18 Å². The Morgan fingerprint density at radius 3 is 2.55 bits per heavy atom. The van der Waals surface area contributed by atoms with E-state index in [2.05, 4.69) is 17.1 Å². The number of benzene rings is 1. The van der Waals surface area contributed by atoms with Gasteiger partial charge >= 0.3 is 0 Å². The predicted octanol–water partition coefficient (Wildman–Crippen LogP) is 2.56. The van der Waals surface area contributed by atoms with Crippen LogP contribution in [0.5, 0.6) is 0 Å². The van der Waals surface area contributed by atoms with Crippen LogP contribution < -0.4 is 5.32 Å². The van der Waals surface area contributed by atoms with E-state index >= 15 is 0 Å². The number of halogens is 1. The monoisotopic (exact) mass is 278 g/mol. The van der Waals surface area contributed by atoms with Crippen LogP contribution in [0.1, 0.15) is 32.3 Å². The number of amides is 1. The summed E-state index contributed by atoms with van der Waals surface area (Å²) in [7, 11) is 0. The Labute approximate surface area is 120 Å². The third kappa shape index (κ3) is 4.04. The van der Waals surface area contributed by atoms with Crippen LogP contribution >= 0.6 is 0 Å². The van der Waals surface area contributed by atoms with Crippen LogP contribution in [0, 0.1) is 11.7 Å². The number of likely N-dealkylation sites (tertiary alicyclic amines) is 1. The lowest BCUT2D eigenvalue weighted by Crippen LogP contribution is -2.47. The molecular formula is C16H23FN2O. The summed E-state index contributed by atoms with van der Waals surface area (Å²) in [6, 6.07) is 6.13. The zero-order valence-corrected chi connectivity index (χ0v) is 12.2. The Bertz CT molecular complexity index is 438. The molecule has 1 aromatic rings. The molecule has 2 rings (SSSR count). The summed E-state index contributed by atoms with van der Waals surface area (Å²) in [6.45, 7) is 6.65. The van der Waals surface area contributed by atoms with Gasteiger partial charge in [-0.1, -0.05) is 19.1 Å². The Morgan fingerprint density at radius 1 is 1.35 bits per heavy atom. The minimum atomic E-state index is -0.254. The normalized spacial score (nSPS) is 18.8. The topological polar surface area (TPSA) is 32.3 Å². The van der Waals surface area contributed by atoms with Gasteiger partial charge in [-0.15, -0.1) is 0 Å². The van der Waals surface area contributed by atoms with E-state index in [4.69, 9.17) is 0 Å². The molecule has 3 nitrogen and oxygen atoms in total. The first-order valence-corrected chi connectivity index (χ1v) is 7.32. The van der Waals surface area contributed by atoms with Crippen LogP contribution in [0.25, 0.3) is 0 Å². The smallest absolute Gasteiger partial charge is 0.237 e. The van der Waals surface area contributed by atoms with Crippen LogP contribution in [-0.2, 0) is 11.3 Å². The number of hydrogen-bond donors (Lipinski definition) is 1. The summed E-state index contributed by atoms with van der Waals surface area (Å²) in [5, 5.41) is 2.92. The number of nitrogens with zero attached hydrogens (tertiary/aromatic N) is 1. The van der Waals surface area contributed by atoms with Gasteiger partial charge in [0.2, 0.25) is 5.91 Å². The van der Waals surface area contributed by atoms with Crippen molar-refractivity contribution in [3.05, 3.63) is 35.6 Å². The average molecular weight is 278 g/mol. The van der Waals surface area contributed by atoms with Gasteiger partial charge in [-0.25, -0.2) is 4.39 Å². The molecule has 4 heteroatoms. The standard InChI is InChI=1S/C16H23FN2O/c1-12-7-9-19(10-8-12)13(2)16(20)18-11-14-3-5-15(17)6-4-14/h3-6,12-13H,7-11H2,1-2H3,(H,18,20)/t13-/m0/s1. The minimum Gasteiger partial charge on any atom is -0.351 e. The van der Waals surface area contributed by atoms with Gasteiger partial charge in [-0.05, 0) is 56.5 Å². The van der Waals surface area contributed by atoms with Crippen molar-refractivity contribution in [2.45, 2.75) is 39.3 Å². The summed E-state index contributed by atoms with van der Waals surface area (Å²) in [5.41, 5.74) is 0.916. The van der Waals surface area contributed by atoms with Gasteiger partial charge in [0.25, 0.3) is 0 Å². The molecule has 0 radical (unpaired) electrons. The molecule has 1 saturated heterocycles. The lowest BCUT2D eigenvalue weighted by atomic mass is 9.98. The number of hydrogen-bond acceptors (Lipinski definition) is 2. The maximum Gasteiger partial charge on any atom is 0.237 e. The molecule has 1 N–H and O–H groups in total. The molecular weight excluding hydrogens is 255 g/mol. The Kier molecular flexibility index (Phi) is 5.12. The maximum absolute atomic E-state index is 12.8. The van der Waals surface area contributed by atoms with Gasteiger partial charge in [0.1, 0.15) is 5.82 Å². The van der Waals surface area contributed by atoms with E-state index in [1.807, 2.05) is 6.92 Å². The van der Waals surface area contributed by atoms with Crippen molar-refractivity contribution < 1.29 is 9.18 Å². The summed E-state index contributed by atoms with van der Waals surface area (Å²) in [6.07, 6.45) is 2.32. The van der Waals surface area contributed by atoms with Gasteiger partial charge in [-0.2, -0.15) is 0 Å². The molecule has 20 heavy (non-hydrogen) atoms. The quantitative estimate of drug-likeness (QED) is 0.918. The molecule has 1 aliphatic rings. The van der Waals surface area contributed by atoms with Crippen molar-refractivity contribution in [3.8, 4) is 0 Å². The summed E-state index contributed by atoms with van der Waals surface area (Å²) in [5.74, 6) is 0.556. The predicted molar refractivity (Wildman–Crippen MR) is 77.7 cm³/mol. The molecule has 1 aromatic carbocycles. The van der Waals surface area contributed by atoms with E-state index in [0.717, 1.165) is 37.4 Å². The fourth-order valence-corrected chi connectivity index (χ4v) is 2.52. The first-order valence-electron chi connectivity index (χ1n) is 7.32. The van der Waals surface area contributed by atoms with Crippen LogP contribution in [-0.4, -0.2) is 29.9 Å². The van der Waals surface area contributed by atoms with E-state index in [-0.39, 0.29) is 17.8 Å². The molecule has 0 unspecified atom stereocenters. The van der Waals surface area contributed by atoms with Crippen molar-refractivity contribution in [1.29, 1.82) is 0 Å². The molecule has 110 valence electrons. The van der Waals surface area contributed by atoms with Crippen LogP contribution in [0.15, 0.2) is 24.3 Å². The van der Waals surface area contributed by atoms with Crippen molar-refractivity contribution in [3.63, 3.8) is 0 Å². The van der Waals surface area contributed by atoms with Gasteiger partial charge in [0.05, 0.1) is 6.04 Å².